The van der Waals surface area contributed by atoms with Crippen LogP contribution in [-0.4, -0.2) is 27.5 Å². The quantitative estimate of drug-likeness (QED) is 0.603. The SMILES string of the molecule is CCCNS(=O)(=O)NCC1CCCC1N. The Labute approximate surface area is 92.0 Å². The third kappa shape index (κ3) is 4.46. The van der Waals surface area contributed by atoms with Crippen molar-refractivity contribution in [3.63, 3.8) is 0 Å². The third-order valence-corrected chi connectivity index (χ3v) is 3.93. The molecule has 0 amide bonds. The van der Waals surface area contributed by atoms with Crippen LogP contribution in [0, 0.1) is 5.92 Å². The molecular formula is C9H21N3O2S. The van der Waals surface area contributed by atoms with Crippen molar-refractivity contribution in [2.75, 3.05) is 13.1 Å². The van der Waals surface area contributed by atoms with Crippen molar-refractivity contribution in [2.45, 2.75) is 38.6 Å². The molecule has 0 radical (unpaired) electrons. The van der Waals surface area contributed by atoms with Crippen LogP contribution in [0.5, 0.6) is 0 Å². The van der Waals surface area contributed by atoms with Crippen molar-refractivity contribution in [1.82, 2.24) is 9.44 Å². The summed E-state index contributed by atoms with van der Waals surface area (Å²) in [5.41, 5.74) is 5.85. The average Bonchev–Trinajstić information content (AvgIpc) is 2.58. The standard InChI is InChI=1S/C9H21N3O2S/c1-2-6-11-15(13,14)12-7-8-4-3-5-9(8)10/h8-9,11-12H,2-7,10H2,1H3. The first-order chi connectivity index (χ1) is 7.05. The lowest BCUT2D eigenvalue weighted by Crippen LogP contribution is -2.42. The molecule has 1 aliphatic rings. The summed E-state index contributed by atoms with van der Waals surface area (Å²) in [6.45, 7) is 2.86. The lowest BCUT2D eigenvalue weighted by atomic mass is 10.1. The van der Waals surface area contributed by atoms with Crippen LogP contribution in [0.1, 0.15) is 32.6 Å². The van der Waals surface area contributed by atoms with Crippen molar-refractivity contribution < 1.29 is 8.42 Å². The molecule has 6 heteroatoms. The van der Waals surface area contributed by atoms with E-state index in [-0.39, 0.29) is 6.04 Å². The van der Waals surface area contributed by atoms with Gasteiger partial charge in [-0.2, -0.15) is 8.42 Å². The first-order valence-electron chi connectivity index (χ1n) is 5.55. The Morgan fingerprint density at radius 2 is 2.07 bits per heavy atom. The molecule has 0 aromatic carbocycles. The Balaban J connectivity index is 2.29. The molecule has 5 nitrogen and oxygen atoms in total. The minimum absolute atomic E-state index is 0.152. The van der Waals surface area contributed by atoms with E-state index < -0.39 is 10.2 Å². The van der Waals surface area contributed by atoms with Gasteiger partial charge in [-0.05, 0) is 25.2 Å². The second-order valence-corrected chi connectivity index (χ2v) is 5.69. The summed E-state index contributed by atoms with van der Waals surface area (Å²) in [6, 6.07) is 0.152. The molecule has 0 aromatic heterocycles. The van der Waals surface area contributed by atoms with E-state index in [2.05, 4.69) is 9.44 Å². The highest BCUT2D eigenvalue weighted by Gasteiger charge is 2.24. The monoisotopic (exact) mass is 235 g/mol. The smallest absolute Gasteiger partial charge is 0.276 e. The molecule has 1 fully saturated rings. The third-order valence-electron chi connectivity index (χ3n) is 2.80. The van der Waals surface area contributed by atoms with Crippen molar-refractivity contribution in [1.29, 1.82) is 0 Å². The summed E-state index contributed by atoms with van der Waals surface area (Å²) in [5, 5.41) is 0. The molecule has 15 heavy (non-hydrogen) atoms. The zero-order valence-electron chi connectivity index (χ0n) is 9.20. The minimum Gasteiger partial charge on any atom is -0.327 e. The second-order valence-electron chi connectivity index (χ2n) is 4.10. The van der Waals surface area contributed by atoms with Gasteiger partial charge in [-0.1, -0.05) is 13.3 Å². The number of nitrogens with two attached hydrogens (primary N) is 1. The van der Waals surface area contributed by atoms with Crippen LogP contribution in [0.2, 0.25) is 0 Å². The van der Waals surface area contributed by atoms with Gasteiger partial charge in [-0.3, -0.25) is 0 Å². The van der Waals surface area contributed by atoms with E-state index in [1.807, 2.05) is 6.92 Å². The van der Waals surface area contributed by atoms with E-state index in [9.17, 15) is 8.42 Å². The van der Waals surface area contributed by atoms with Crippen molar-refractivity contribution in [3.8, 4) is 0 Å². The van der Waals surface area contributed by atoms with Gasteiger partial charge in [0, 0.05) is 19.1 Å². The zero-order valence-corrected chi connectivity index (χ0v) is 10.0. The molecule has 0 aliphatic heterocycles. The van der Waals surface area contributed by atoms with Gasteiger partial charge in [-0.25, -0.2) is 9.44 Å². The number of nitrogens with one attached hydrogen (secondary N) is 2. The summed E-state index contributed by atoms with van der Waals surface area (Å²) < 4.78 is 27.8. The maximum Gasteiger partial charge on any atom is 0.276 e. The van der Waals surface area contributed by atoms with Gasteiger partial charge in [0.2, 0.25) is 0 Å². The molecule has 2 unspecified atom stereocenters. The van der Waals surface area contributed by atoms with Gasteiger partial charge in [0.15, 0.2) is 0 Å². The molecule has 0 heterocycles. The fourth-order valence-corrected chi connectivity index (χ4v) is 2.83. The highest BCUT2D eigenvalue weighted by atomic mass is 32.2. The molecule has 0 aromatic rings. The van der Waals surface area contributed by atoms with E-state index in [1.165, 1.54) is 0 Å². The normalized spacial score (nSPS) is 27.1. The predicted molar refractivity (Wildman–Crippen MR) is 60.5 cm³/mol. The van der Waals surface area contributed by atoms with E-state index in [0.717, 1.165) is 25.7 Å². The van der Waals surface area contributed by atoms with Gasteiger partial charge in [-0.15, -0.1) is 0 Å². The van der Waals surface area contributed by atoms with Crippen LogP contribution < -0.4 is 15.2 Å². The molecule has 90 valence electrons. The molecular weight excluding hydrogens is 214 g/mol. The number of hydrogen-bond donors (Lipinski definition) is 3. The fourth-order valence-electron chi connectivity index (χ4n) is 1.82. The van der Waals surface area contributed by atoms with Crippen LogP contribution in [0.15, 0.2) is 0 Å². The summed E-state index contributed by atoms with van der Waals surface area (Å²) in [6.07, 6.45) is 3.94. The summed E-state index contributed by atoms with van der Waals surface area (Å²) in [7, 11) is -3.31. The molecule has 0 bridgehead atoms. The van der Waals surface area contributed by atoms with E-state index >= 15 is 0 Å². The van der Waals surface area contributed by atoms with Crippen LogP contribution in [0.25, 0.3) is 0 Å². The Morgan fingerprint density at radius 1 is 1.33 bits per heavy atom. The Hall–Kier alpha value is -0.170. The highest BCUT2D eigenvalue weighted by Crippen LogP contribution is 2.23. The van der Waals surface area contributed by atoms with Crippen molar-refractivity contribution >= 4 is 10.2 Å². The van der Waals surface area contributed by atoms with Crippen LogP contribution in [-0.2, 0) is 10.2 Å². The number of rotatable bonds is 6. The number of hydrogen-bond acceptors (Lipinski definition) is 3. The van der Waals surface area contributed by atoms with Gasteiger partial charge >= 0.3 is 0 Å². The lowest BCUT2D eigenvalue weighted by Gasteiger charge is -2.16. The van der Waals surface area contributed by atoms with Crippen LogP contribution in [0.4, 0.5) is 0 Å². The van der Waals surface area contributed by atoms with Crippen LogP contribution >= 0.6 is 0 Å². The second kappa shape index (κ2) is 5.79. The van der Waals surface area contributed by atoms with Crippen molar-refractivity contribution in [3.05, 3.63) is 0 Å². The van der Waals surface area contributed by atoms with E-state index in [1.54, 1.807) is 0 Å². The predicted octanol–water partition coefficient (Wildman–Crippen LogP) is -0.0522. The molecule has 1 rings (SSSR count). The Kier molecular flexibility index (Phi) is 4.98. The minimum atomic E-state index is -3.31. The zero-order chi connectivity index (χ0) is 11.3. The lowest BCUT2D eigenvalue weighted by molar-refractivity contribution is 0.467. The molecule has 0 spiro atoms. The maximum atomic E-state index is 11.4. The summed E-state index contributed by atoms with van der Waals surface area (Å²) in [5.74, 6) is 0.295. The van der Waals surface area contributed by atoms with E-state index in [4.69, 9.17) is 5.73 Å². The maximum absolute atomic E-state index is 11.4. The molecule has 1 saturated carbocycles. The Bertz CT molecular complexity index is 279. The summed E-state index contributed by atoms with van der Waals surface area (Å²) >= 11 is 0. The Morgan fingerprint density at radius 3 is 2.60 bits per heavy atom. The van der Waals surface area contributed by atoms with Gasteiger partial charge in [0.1, 0.15) is 0 Å². The topological polar surface area (TPSA) is 84.2 Å². The van der Waals surface area contributed by atoms with Gasteiger partial charge in [0.25, 0.3) is 10.2 Å². The van der Waals surface area contributed by atoms with E-state index in [0.29, 0.717) is 19.0 Å². The summed E-state index contributed by atoms with van der Waals surface area (Å²) in [4.78, 5) is 0. The van der Waals surface area contributed by atoms with Crippen LogP contribution in [0.3, 0.4) is 0 Å². The molecule has 4 N–H and O–H groups in total. The first kappa shape index (κ1) is 12.9. The largest absolute Gasteiger partial charge is 0.327 e. The molecule has 1 aliphatic carbocycles. The molecule has 0 saturated heterocycles. The van der Waals surface area contributed by atoms with Gasteiger partial charge in [0.05, 0.1) is 0 Å². The first-order valence-corrected chi connectivity index (χ1v) is 7.03. The fraction of sp³-hybridized carbons (Fsp3) is 1.00. The highest BCUT2D eigenvalue weighted by molar-refractivity contribution is 7.87. The molecule has 2 atom stereocenters. The van der Waals surface area contributed by atoms with Gasteiger partial charge < -0.3 is 5.73 Å². The average molecular weight is 235 g/mol. The van der Waals surface area contributed by atoms with Crippen molar-refractivity contribution in [2.24, 2.45) is 11.7 Å².